The summed E-state index contributed by atoms with van der Waals surface area (Å²) in [6, 6.07) is 11.8. The molecule has 0 fully saturated rings. The Balaban J connectivity index is 2.13. The monoisotopic (exact) mass is 324 g/mol. The van der Waals surface area contributed by atoms with Gasteiger partial charge in [-0.15, -0.1) is 0 Å². The van der Waals surface area contributed by atoms with Crippen LogP contribution in [0.5, 0.6) is 0 Å². The van der Waals surface area contributed by atoms with Gasteiger partial charge < -0.3 is 5.32 Å². The Hall–Kier alpha value is -1.62. The van der Waals surface area contributed by atoms with Crippen molar-refractivity contribution in [1.82, 2.24) is 5.32 Å². The third-order valence-corrected chi connectivity index (χ3v) is 3.79. The summed E-state index contributed by atoms with van der Waals surface area (Å²) < 4.78 is 0. The molecule has 21 heavy (non-hydrogen) atoms. The SMILES string of the molecule is CC(NCc1ccccc1[N+](=O)[O-])c1cc(Cl)ccc1Cl. The highest BCUT2D eigenvalue weighted by Crippen LogP contribution is 2.27. The molecule has 4 nitrogen and oxygen atoms in total. The Kier molecular flexibility index (Phi) is 5.17. The van der Waals surface area contributed by atoms with Gasteiger partial charge in [0.1, 0.15) is 0 Å². The number of benzene rings is 2. The van der Waals surface area contributed by atoms with Crippen molar-refractivity contribution in [3.05, 3.63) is 73.8 Å². The lowest BCUT2D eigenvalue weighted by Crippen LogP contribution is -2.19. The molecule has 2 rings (SSSR count). The number of hydrogen-bond donors (Lipinski definition) is 1. The van der Waals surface area contributed by atoms with E-state index in [-0.39, 0.29) is 16.7 Å². The Morgan fingerprint density at radius 1 is 1.24 bits per heavy atom. The normalized spacial score (nSPS) is 12.1. The predicted octanol–water partition coefficient (Wildman–Crippen LogP) is 4.75. The molecule has 0 aromatic heterocycles. The highest BCUT2D eigenvalue weighted by Gasteiger charge is 2.14. The summed E-state index contributed by atoms with van der Waals surface area (Å²) in [5, 5.41) is 15.4. The fourth-order valence-electron chi connectivity index (χ4n) is 2.06. The number of nitrogens with one attached hydrogen (secondary N) is 1. The minimum absolute atomic E-state index is 0.0731. The van der Waals surface area contributed by atoms with Crippen molar-refractivity contribution in [2.24, 2.45) is 0 Å². The Morgan fingerprint density at radius 3 is 2.67 bits per heavy atom. The zero-order valence-corrected chi connectivity index (χ0v) is 12.9. The Morgan fingerprint density at radius 2 is 1.95 bits per heavy atom. The van der Waals surface area contributed by atoms with Gasteiger partial charge in [0.25, 0.3) is 5.69 Å². The van der Waals surface area contributed by atoms with Gasteiger partial charge >= 0.3 is 0 Å². The molecule has 0 radical (unpaired) electrons. The molecule has 0 heterocycles. The van der Waals surface area contributed by atoms with Crippen LogP contribution in [-0.4, -0.2) is 4.92 Å². The van der Waals surface area contributed by atoms with E-state index in [1.165, 1.54) is 6.07 Å². The fraction of sp³-hybridized carbons (Fsp3) is 0.200. The molecule has 110 valence electrons. The molecular formula is C15H14Cl2N2O2. The van der Waals surface area contributed by atoms with E-state index < -0.39 is 0 Å². The predicted molar refractivity (Wildman–Crippen MR) is 84.8 cm³/mol. The molecule has 2 aromatic carbocycles. The second-order valence-corrected chi connectivity index (χ2v) is 5.50. The Labute approximate surface area is 132 Å². The summed E-state index contributed by atoms with van der Waals surface area (Å²) >= 11 is 12.1. The molecule has 1 unspecified atom stereocenters. The average molecular weight is 325 g/mol. The third kappa shape index (κ3) is 3.94. The molecule has 6 heteroatoms. The maximum Gasteiger partial charge on any atom is 0.273 e. The molecule has 1 atom stereocenters. The number of nitro benzene ring substituents is 1. The lowest BCUT2D eigenvalue weighted by Gasteiger charge is -2.16. The second kappa shape index (κ2) is 6.89. The number of hydrogen-bond acceptors (Lipinski definition) is 3. The largest absolute Gasteiger partial charge is 0.306 e. The molecule has 0 spiro atoms. The number of nitrogens with zero attached hydrogens (tertiary/aromatic N) is 1. The first-order chi connectivity index (χ1) is 9.99. The van der Waals surface area contributed by atoms with Gasteiger partial charge in [-0.2, -0.15) is 0 Å². The number of halogens is 2. The van der Waals surface area contributed by atoms with Crippen molar-refractivity contribution < 1.29 is 4.92 Å². The van der Waals surface area contributed by atoms with E-state index in [4.69, 9.17) is 23.2 Å². The van der Waals surface area contributed by atoms with Crippen LogP contribution in [0.3, 0.4) is 0 Å². The van der Waals surface area contributed by atoms with Crippen molar-refractivity contribution in [1.29, 1.82) is 0 Å². The summed E-state index contributed by atoms with van der Waals surface area (Å²) in [5.41, 5.74) is 1.60. The standard InChI is InChI=1S/C15H14Cl2N2O2/c1-10(13-8-12(16)6-7-14(13)17)18-9-11-4-2-3-5-15(11)19(20)21/h2-8,10,18H,9H2,1H3. The van der Waals surface area contributed by atoms with E-state index in [9.17, 15) is 10.1 Å². The quantitative estimate of drug-likeness (QED) is 0.637. The number of nitro groups is 1. The van der Waals surface area contributed by atoms with Crippen LogP contribution in [-0.2, 0) is 6.54 Å². The van der Waals surface area contributed by atoms with Crippen LogP contribution < -0.4 is 5.32 Å². The van der Waals surface area contributed by atoms with Gasteiger partial charge in [0, 0.05) is 34.3 Å². The van der Waals surface area contributed by atoms with Crippen molar-refractivity contribution in [3.8, 4) is 0 Å². The van der Waals surface area contributed by atoms with Crippen LogP contribution in [0.15, 0.2) is 42.5 Å². The van der Waals surface area contributed by atoms with Crippen LogP contribution in [0, 0.1) is 10.1 Å². The van der Waals surface area contributed by atoms with Crippen LogP contribution in [0.4, 0.5) is 5.69 Å². The van der Waals surface area contributed by atoms with Gasteiger partial charge in [-0.05, 0) is 30.7 Å². The molecule has 0 aliphatic heterocycles. The summed E-state index contributed by atoms with van der Waals surface area (Å²) in [6.07, 6.45) is 0. The first-order valence-electron chi connectivity index (χ1n) is 6.39. The van der Waals surface area contributed by atoms with Gasteiger partial charge in [0.2, 0.25) is 0 Å². The molecule has 0 saturated carbocycles. The average Bonchev–Trinajstić information content (AvgIpc) is 2.47. The minimum atomic E-state index is -0.381. The zero-order valence-electron chi connectivity index (χ0n) is 11.3. The van der Waals surface area contributed by atoms with E-state index >= 15 is 0 Å². The molecule has 0 aliphatic rings. The van der Waals surface area contributed by atoms with Crippen molar-refractivity contribution in [2.75, 3.05) is 0 Å². The topological polar surface area (TPSA) is 55.2 Å². The van der Waals surface area contributed by atoms with E-state index in [1.807, 2.05) is 6.92 Å². The van der Waals surface area contributed by atoms with Gasteiger partial charge in [0.15, 0.2) is 0 Å². The Bertz CT molecular complexity index is 662. The highest BCUT2D eigenvalue weighted by atomic mass is 35.5. The van der Waals surface area contributed by atoms with Crippen molar-refractivity contribution in [3.63, 3.8) is 0 Å². The maximum absolute atomic E-state index is 11.0. The smallest absolute Gasteiger partial charge is 0.273 e. The molecule has 2 aromatic rings. The van der Waals surface area contributed by atoms with E-state index in [0.29, 0.717) is 22.2 Å². The van der Waals surface area contributed by atoms with Gasteiger partial charge in [-0.1, -0.05) is 41.4 Å². The van der Waals surface area contributed by atoms with E-state index in [2.05, 4.69) is 5.32 Å². The van der Waals surface area contributed by atoms with E-state index in [1.54, 1.807) is 36.4 Å². The fourth-order valence-corrected chi connectivity index (χ4v) is 2.52. The third-order valence-electron chi connectivity index (χ3n) is 3.21. The summed E-state index contributed by atoms with van der Waals surface area (Å²) in [5.74, 6) is 0. The van der Waals surface area contributed by atoms with Crippen molar-refractivity contribution >= 4 is 28.9 Å². The van der Waals surface area contributed by atoms with Crippen molar-refractivity contribution in [2.45, 2.75) is 19.5 Å². The van der Waals surface area contributed by atoms with Crippen LogP contribution >= 0.6 is 23.2 Å². The van der Waals surface area contributed by atoms with Gasteiger partial charge in [0.05, 0.1) is 4.92 Å². The first-order valence-corrected chi connectivity index (χ1v) is 7.15. The zero-order chi connectivity index (χ0) is 15.4. The van der Waals surface area contributed by atoms with Crippen LogP contribution in [0.25, 0.3) is 0 Å². The maximum atomic E-state index is 11.0. The molecule has 1 N–H and O–H groups in total. The lowest BCUT2D eigenvalue weighted by atomic mass is 10.1. The molecular weight excluding hydrogens is 311 g/mol. The van der Waals surface area contributed by atoms with Crippen LogP contribution in [0.2, 0.25) is 10.0 Å². The summed E-state index contributed by atoms with van der Waals surface area (Å²) in [7, 11) is 0. The van der Waals surface area contributed by atoms with Crippen LogP contribution in [0.1, 0.15) is 24.1 Å². The number of para-hydroxylation sites is 1. The number of rotatable bonds is 5. The van der Waals surface area contributed by atoms with Gasteiger partial charge in [-0.3, -0.25) is 10.1 Å². The molecule has 0 aliphatic carbocycles. The molecule has 0 bridgehead atoms. The summed E-state index contributed by atoms with van der Waals surface area (Å²) in [6.45, 7) is 2.31. The molecule has 0 saturated heterocycles. The van der Waals surface area contributed by atoms with Gasteiger partial charge in [-0.25, -0.2) is 0 Å². The lowest BCUT2D eigenvalue weighted by molar-refractivity contribution is -0.385. The summed E-state index contributed by atoms with van der Waals surface area (Å²) in [4.78, 5) is 10.6. The first kappa shape index (κ1) is 15.8. The molecule has 0 amide bonds. The second-order valence-electron chi connectivity index (χ2n) is 4.65. The van der Waals surface area contributed by atoms with E-state index in [0.717, 1.165) is 5.56 Å². The highest BCUT2D eigenvalue weighted by molar-refractivity contribution is 6.33. The minimum Gasteiger partial charge on any atom is -0.306 e.